The number of aromatic nitrogens is 4. The number of carbonyl (C=O) groups is 1. The van der Waals surface area contributed by atoms with Gasteiger partial charge in [0.25, 0.3) is 0 Å². The van der Waals surface area contributed by atoms with Crippen molar-refractivity contribution in [1.29, 1.82) is 5.26 Å². The van der Waals surface area contributed by atoms with Crippen LogP contribution in [0.1, 0.15) is 185 Å². The van der Waals surface area contributed by atoms with E-state index in [0.717, 1.165) is 103 Å². The molecule has 7 nitrogen and oxygen atoms in total. The number of fused-ring (bicyclic) bond motifs is 12. The lowest BCUT2D eigenvalue weighted by atomic mass is 10.00. The van der Waals surface area contributed by atoms with E-state index >= 15 is 0 Å². The molecule has 8 aromatic carbocycles. The van der Waals surface area contributed by atoms with Gasteiger partial charge in [-0.15, -0.1) is 79.4 Å². The number of nitriles is 1. The Balaban J connectivity index is 0.848. The van der Waals surface area contributed by atoms with Gasteiger partial charge in [0.1, 0.15) is 11.6 Å². The Kier molecular flexibility index (Phi) is 25.3. The molecule has 11 heterocycles. The van der Waals surface area contributed by atoms with Crippen LogP contribution in [-0.2, 0) is 56.7 Å². The smallest absolute Gasteiger partial charge is 0.346 e. The van der Waals surface area contributed by atoms with Gasteiger partial charge in [0.05, 0.1) is 14.6 Å². The minimum Gasteiger partial charge on any atom is -0.477 e. The molecule has 0 saturated heterocycles. The molecule has 14 heteroatoms. The van der Waals surface area contributed by atoms with Crippen molar-refractivity contribution in [3.8, 4) is 108 Å². The second kappa shape index (κ2) is 37.5. The first kappa shape index (κ1) is 85.0. The summed E-state index contributed by atoms with van der Waals surface area (Å²) in [5.41, 5.74) is 23.9. The largest absolute Gasteiger partial charge is 0.477 e. The van der Waals surface area contributed by atoms with Gasteiger partial charge in [0.15, 0.2) is 0 Å². The number of carboxylic acid groups (broad SMARTS) is 1. The predicted molar refractivity (Wildman–Crippen MR) is 553 cm³/mol. The third-order valence-electron chi connectivity index (χ3n) is 26.2. The van der Waals surface area contributed by atoms with Gasteiger partial charge in [-0.2, -0.15) is 5.26 Å². The van der Waals surface area contributed by atoms with E-state index in [0.29, 0.717) is 0 Å². The number of unbranched alkanes of at least 4 members (excludes halogenated alkanes) is 12. The lowest BCUT2D eigenvalue weighted by Crippen LogP contribution is -1.96. The quantitative estimate of drug-likeness (QED) is 0.0241. The van der Waals surface area contributed by atoms with Crippen LogP contribution in [0, 0.1) is 11.3 Å². The number of aliphatic carboxylic acids is 1. The summed E-state index contributed by atoms with van der Waals surface area (Å²) in [5, 5.41) is 31.9. The molecule has 636 valence electrons. The first-order chi connectivity index (χ1) is 61.9. The number of hydrogen-bond acceptors (Lipinski definition) is 9. The van der Waals surface area contributed by atoms with Gasteiger partial charge < -0.3 is 23.4 Å². The molecule has 0 aliphatic carbocycles. The Morgan fingerprint density at radius 2 is 0.556 bits per heavy atom. The highest BCUT2D eigenvalue weighted by Gasteiger charge is 2.30. The van der Waals surface area contributed by atoms with Gasteiger partial charge in [0.2, 0.25) is 0 Å². The molecular formula is C112H109N5O2S7. The second-order valence-corrected chi connectivity index (χ2v) is 41.5. The van der Waals surface area contributed by atoms with Crippen LogP contribution >= 0.6 is 79.4 Å². The van der Waals surface area contributed by atoms with Crippen LogP contribution in [0.25, 0.3) is 196 Å². The molecule has 0 radical (unpaired) electrons. The average molecular weight is 1780 g/mol. The molecule has 0 saturated carbocycles. The SMILES string of the molecule is CCCCCCc1cc(-c2cc(-c3cc(/C=C(\C#N)C(=O)O)sc3-c3cc(-c4cc(CCCCCC)c(-c5ccc6c(c5)c5ccccc5n6CC)s4)c(-c4cc(CCCCCC)c(-c5ccc6c(c5)c5ccccc5n6CC)s4)s3)sc2-c2cc(CCCCCC)c(-c3ccc4c(c3)c3ccccc3n4CC)s2)sc1-c1ccc2c(c1)c1ccccc1n2CC. The van der Waals surface area contributed by atoms with Crippen molar-refractivity contribution in [2.75, 3.05) is 0 Å². The van der Waals surface area contributed by atoms with Crippen molar-refractivity contribution in [3.05, 3.63) is 245 Å². The summed E-state index contributed by atoms with van der Waals surface area (Å²) in [7, 11) is 0. The van der Waals surface area contributed by atoms with Gasteiger partial charge in [0, 0.05) is 184 Å². The zero-order chi connectivity index (χ0) is 86.2. The lowest BCUT2D eigenvalue weighted by molar-refractivity contribution is -0.132. The van der Waals surface area contributed by atoms with E-state index in [1.807, 2.05) is 68.0 Å². The molecule has 0 bridgehead atoms. The van der Waals surface area contributed by atoms with E-state index < -0.39 is 5.97 Å². The van der Waals surface area contributed by atoms with Crippen LogP contribution in [0.4, 0.5) is 0 Å². The van der Waals surface area contributed by atoms with Crippen molar-refractivity contribution >= 4 is 179 Å². The van der Waals surface area contributed by atoms with Crippen LogP contribution in [0.2, 0.25) is 0 Å². The van der Waals surface area contributed by atoms with Crippen LogP contribution in [0.3, 0.4) is 0 Å². The molecule has 11 aromatic heterocycles. The number of rotatable bonds is 36. The van der Waals surface area contributed by atoms with Crippen molar-refractivity contribution in [2.45, 2.75) is 210 Å². The van der Waals surface area contributed by atoms with Crippen molar-refractivity contribution in [3.63, 3.8) is 0 Å². The molecule has 0 fully saturated rings. The number of benzene rings is 8. The average Bonchev–Trinajstić information content (AvgIpc) is 1.60. The Labute approximate surface area is 768 Å². The summed E-state index contributed by atoms with van der Waals surface area (Å²) < 4.78 is 9.86. The van der Waals surface area contributed by atoms with Gasteiger partial charge in [-0.05, 0) is 245 Å². The topological polar surface area (TPSA) is 80.8 Å². The number of para-hydroxylation sites is 4. The second-order valence-electron chi connectivity index (χ2n) is 34.1. The van der Waals surface area contributed by atoms with E-state index in [4.69, 9.17) is 0 Å². The number of aryl methyl sites for hydroxylation is 8. The molecule has 19 rings (SSSR count). The van der Waals surface area contributed by atoms with E-state index in [9.17, 15) is 15.2 Å². The molecule has 0 aliphatic rings. The van der Waals surface area contributed by atoms with Crippen molar-refractivity contribution < 1.29 is 9.90 Å². The van der Waals surface area contributed by atoms with E-state index in [1.54, 1.807) is 17.4 Å². The lowest BCUT2D eigenvalue weighted by Gasteiger charge is -2.06. The normalized spacial score (nSPS) is 12.2. The number of carboxylic acids is 1. The fraction of sp³-hybridized carbons (Fsp3) is 0.286. The van der Waals surface area contributed by atoms with Crippen LogP contribution in [0.15, 0.2) is 218 Å². The molecule has 1 N–H and O–H groups in total. The molecule has 0 aliphatic heterocycles. The first-order valence-corrected chi connectivity index (χ1v) is 52.0. The van der Waals surface area contributed by atoms with Crippen molar-refractivity contribution in [2.24, 2.45) is 0 Å². The third-order valence-corrected chi connectivity index (χ3v) is 35.1. The van der Waals surface area contributed by atoms with E-state index in [2.05, 4.69) is 292 Å². The van der Waals surface area contributed by atoms with Crippen LogP contribution < -0.4 is 0 Å². The summed E-state index contributed by atoms with van der Waals surface area (Å²) in [5.74, 6) is -1.23. The highest BCUT2D eigenvalue weighted by Crippen LogP contribution is 2.58. The Morgan fingerprint density at radius 1 is 0.294 bits per heavy atom. The highest BCUT2D eigenvalue weighted by atomic mass is 32.1. The Hall–Kier alpha value is -10.4. The number of hydrogen-bond donors (Lipinski definition) is 1. The van der Waals surface area contributed by atoms with Gasteiger partial charge >= 0.3 is 5.97 Å². The molecule has 126 heavy (non-hydrogen) atoms. The van der Waals surface area contributed by atoms with Crippen LogP contribution in [-0.4, -0.2) is 29.3 Å². The molecule has 0 atom stereocenters. The Morgan fingerprint density at radius 3 is 0.873 bits per heavy atom. The third kappa shape index (κ3) is 16.0. The zero-order valence-corrected chi connectivity index (χ0v) is 79.4. The maximum Gasteiger partial charge on any atom is 0.346 e. The highest BCUT2D eigenvalue weighted by molar-refractivity contribution is 7.30. The summed E-state index contributed by atoms with van der Waals surface area (Å²) in [6.45, 7) is 21.8. The molecule has 0 unspecified atom stereocenters. The summed E-state index contributed by atoms with van der Waals surface area (Å²) in [6.07, 6.45) is 24.1. The van der Waals surface area contributed by atoms with Crippen LogP contribution in [0.5, 0.6) is 0 Å². The standard InChI is InChI=1S/C112H109N5O2S7/c1-9-17-21-25-37-70-62-99(121-105(70)74-49-53-95-84(58-74)80-41-29-33-45-91(80)114(95)13-5)89-67-101(123-110(89)102-64-72(39-27-23-19-11-3)107(124-102)76-51-55-97-86(60-76)82-43-31-35-47-93(82)116(97)15-7)88-66-79(57-78(69-113)112(118)119)120-109(88)104-68-90(100-63-71(38-26-22-18-10-2)106(122-100)75-50-54-96-85(59-75)81-42-30-34-46-92(81)115(96)14-6)111(126-104)103-65-73(40-28-24-20-12-4)108(125-103)77-52-56-98-87(61-77)83-44-32-36-48-94(83)117(98)16-8/h29-36,41-68H,9-28,37-40H2,1-8H3,(H,118,119)/b78-57+. The van der Waals surface area contributed by atoms with Crippen molar-refractivity contribution in [1.82, 2.24) is 18.3 Å². The minimum atomic E-state index is -1.23. The minimum absolute atomic E-state index is 0.287. The van der Waals surface area contributed by atoms with Gasteiger partial charge in [-0.25, -0.2) is 4.79 Å². The van der Waals surface area contributed by atoms with Gasteiger partial charge in [-0.3, -0.25) is 0 Å². The molecule has 19 aromatic rings. The molecular weight excluding hydrogens is 1670 g/mol. The zero-order valence-electron chi connectivity index (χ0n) is 73.7. The number of thiophene rings is 7. The Bertz CT molecular complexity index is 6560. The fourth-order valence-electron chi connectivity index (χ4n) is 19.9. The maximum atomic E-state index is 13.3. The molecule has 0 spiro atoms. The summed E-state index contributed by atoms with van der Waals surface area (Å²) in [6, 6.07) is 84.3. The van der Waals surface area contributed by atoms with E-state index in [-0.39, 0.29) is 5.57 Å². The van der Waals surface area contributed by atoms with E-state index in [1.165, 1.54) is 269 Å². The summed E-state index contributed by atoms with van der Waals surface area (Å²) in [4.78, 5) is 30.1. The number of nitrogens with zero attached hydrogens (tertiary/aromatic N) is 5. The maximum absolute atomic E-state index is 13.3. The fourth-order valence-corrected chi connectivity index (χ4v) is 28.8. The predicted octanol–water partition coefficient (Wildman–Crippen LogP) is 35.8. The monoisotopic (exact) mass is 1780 g/mol. The molecule has 0 amide bonds. The first-order valence-electron chi connectivity index (χ1n) is 46.3. The summed E-state index contributed by atoms with van der Waals surface area (Å²) >= 11 is 13.2. The van der Waals surface area contributed by atoms with Gasteiger partial charge in [-0.1, -0.05) is 202 Å².